The van der Waals surface area contributed by atoms with Gasteiger partial charge in [-0.25, -0.2) is 13.9 Å². The van der Waals surface area contributed by atoms with Crippen molar-refractivity contribution in [2.75, 3.05) is 7.11 Å². The van der Waals surface area contributed by atoms with E-state index in [2.05, 4.69) is 10.4 Å². The van der Waals surface area contributed by atoms with Crippen LogP contribution in [0.15, 0.2) is 83.3 Å². The highest BCUT2D eigenvalue weighted by molar-refractivity contribution is 6.13. The van der Waals surface area contributed by atoms with Crippen molar-refractivity contribution < 1.29 is 31.9 Å². The van der Waals surface area contributed by atoms with Crippen LogP contribution < -0.4 is 15.6 Å². The molecule has 1 saturated heterocycles. The fourth-order valence-electron chi connectivity index (χ4n) is 4.34. The van der Waals surface area contributed by atoms with Crippen LogP contribution >= 0.6 is 0 Å². The molecule has 0 atom stereocenters. The summed E-state index contributed by atoms with van der Waals surface area (Å²) in [6, 6.07) is 15.7. The van der Waals surface area contributed by atoms with Crippen molar-refractivity contribution in [3.8, 4) is 11.4 Å². The first kappa shape index (κ1) is 27.4. The Labute approximate surface area is 230 Å². The minimum absolute atomic E-state index is 0.0881. The van der Waals surface area contributed by atoms with Crippen molar-refractivity contribution in [3.63, 3.8) is 0 Å². The lowest BCUT2D eigenvalue weighted by atomic mass is 10.1. The van der Waals surface area contributed by atoms with E-state index in [1.165, 1.54) is 42.1 Å². The molecule has 0 radical (unpaired) electrons. The number of carbonyl (C=O) groups is 2. The molecule has 210 valence electrons. The normalized spacial score (nSPS) is 14.6. The summed E-state index contributed by atoms with van der Waals surface area (Å²) in [6.45, 7) is -0.272. The Morgan fingerprint density at radius 2 is 1.51 bits per heavy atom. The summed E-state index contributed by atoms with van der Waals surface area (Å²) < 4.78 is 58.5. The fourth-order valence-corrected chi connectivity index (χ4v) is 4.34. The van der Waals surface area contributed by atoms with E-state index in [-0.39, 0.29) is 24.2 Å². The molecule has 1 aliphatic heterocycles. The number of amides is 3. The number of urea groups is 1. The molecule has 0 spiro atoms. The molecule has 1 fully saturated rings. The Bertz CT molecular complexity index is 1690. The standard InChI is InChI=1S/C29H22F4N4O4/c1-41-22-12-10-21(11-13-22)37-26(38)23(24(35-37)14-17-4-8-20(30)9-5-17)15-25-27(39)36(28(40)34-25)16-18-2-6-19(7-3-18)29(31,32)33/h2-13,15,35H,14,16H2,1H3,(H,34,40)/b25-15-. The Hall–Kier alpha value is -5.13. The predicted octanol–water partition coefficient (Wildman–Crippen LogP) is 5.02. The molecule has 0 bridgehead atoms. The van der Waals surface area contributed by atoms with Crippen LogP contribution in [-0.4, -0.2) is 33.7 Å². The number of carbonyl (C=O) groups excluding carboxylic acids is 2. The van der Waals surface area contributed by atoms with Crippen molar-refractivity contribution in [2.45, 2.75) is 19.1 Å². The lowest BCUT2D eigenvalue weighted by Crippen LogP contribution is -2.30. The lowest BCUT2D eigenvalue weighted by molar-refractivity contribution is -0.137. The molecule has 0 aliphatic carbocycles. The van der Waals surface area contributed by atoms with Crippen LogP contribution in [0.3, 0.4) is 0 Å². The quantitative estimate of drug-likeness (QED) is 0.187. The number of hydrogen-bond donors (Lipinski definition) is 2. The van der Waals surface area contributed by atoms with Crippen molar-refractivity contribution in [3.05, 3.63) is 123 Å². The minimum atomic E-state index is -4.52. The van der Waals surface area contributed by atoms with Gasteiger partial charge in [0.1, 0.15) is 17.3 Å². The van der Waals surface area contributed by atoms with Gasteiger partial charge in [0, 0.05) is 12.1 Å². The summed E-state index contributed by atoms with van der Waals surface area (Å²) in [7, 11) is 1.51. The molecule has 12 heteroatoms. The number of H-pyrrole nitrogens is 1. The van der Waals surface area contributed by atoms with Gasteiger partial charge in [-0.3, -0.25) is 19.6 Å². The minimum Gasteiger partial charge on any atom is -0.497 e. The maximum atomic E-state index is 13.5. The Balaban J connectivity index is 1.48. The fraction of sp³-hybridized carbons (Fsp3) is 0.138. The number of aromatic nitrogens is 2. The van der Waals surface area contributed by atoms with Crippen LogP contribution in [0, 0.1) is 5.82 Å². The first-order chi connectivity index (χ1) is 19.5. The molecule has 1 aromatic heterocycles. The van der Waals surface area contributed by atoms with Crippen molar-refractivity contribution >= 4 is 18.0 Å². The SMILES string of the molecule is COc1ccc(-n2[nH]c(Cc3ccc(F)cc3)c(/C=C3\NC(=O)N(Cc4ccc(C(F)(F)F)cc4)C3=O)c2=O)cc1. The van der Waals surface area contributed by atoms with Gasteiger partial charge in [-0.15, -0.1) is 0 Å². The van der Waals surface area contributed by atoms with Gasteiger partial charge in [0.05, 0.1) is 30.5 Å². The van der Waals surface area contributed by atoms with E-state index in [1.807, 2.05) is 0 Å². The number of methoxy groups -OCH3 is 1. The monoisotopic (exact) mass is 566 g/mol. The van der Waals surface area contributed by atoms with Gasteiger partial charge >= 0.3 is 12.2 Å². The number of halogens is 4. The summed E-state index contributed by atoms with van der Waals surface area (Å²) in [4.78, 5) is 40.1. The Kier molecular flexibility index (Phi) is 7.22. The molecule has 3 aromatic carbocycles. The number of hydrogen-bond acceptors (Lipinski definition) is 4. The molecule has 4 aromatic rings. The number of benzene rings is 3. The highest BCUT2D eigenvalue weighted by Crippen LogP contribution is 2.29. The first-order valence-corrected chi connectivity index (χ1v) is 12.3. The summed E-state index contributed by atoms with van der Waals surface area (Å²) in [6.07, 6.45) is -3.09. The maximum absolute atomic E-state index is 13.5. The second-order valence-electron chi connectivity index (χ2n) is 9.22. The number of ether oxygens (including phenoxy) is 1. The van der Waals surface area contributed by atoms with Crippen LogP contribution in [0.1, 0.15) is 27.9 Å². The highest BCUT2D eigenvalue weighted by Gasteiger charge is 2.35. The summed E-state index contributed by atoms with van der Waals surface area (Å²) in [5, 5.41) is 5.47. The maximum Gasteiger partial charge on any atom is 0.416 e. The second-order valence-corrected chi connectivity index (χ2v) is 9.22. The first-order valence-electron chi connectivity index (χ1n) is 12.3. The molecule has 41 heavy (non-hydrogen) atoms. The zero-order valence-electron chi connectivity index (χ0n) is 21.5. The van der Waals surface area contributed by atoms with Crippen molar-refractivity contribution in [1.29, 1.82) is 0 Å². The number of aromatic amines is 1. The van der Waals surface area contributed by atoms with Crippen LogP contribution in [0.5, 0.6) is 5.75 Å². The summed E-state index contributed by atoms with van der Waals surface area (Å²) in [5.74, 6) is -0.596. The van der Waals surface area contributed by atoms with E-state index < -0.39 is 35.1 Å². The smallest absolute Gasteiger partial charge is 0.416 e. The third-order valence-electron chi connectivity index (χ3n) is 6.50. The van der Waals surface area contributed by atoms with Gasteiger partial charge < -0.3 is 10.1 Å². The molecule has 0 saturated carbocycles. The largest absolute Gasteiger partial charge is 0.497 e. The zero-order chi connectivity index (χ0) is 29.3. The van der Waals surface area contributed by atoms with Gasteiger partial charge in [0.25, 0.3) is 11.5 Å². The summed E-state index contributed by atoms with van der Waals surface area (Å²) in [5.41, 5.74) is 0.407. The average molecular weight is 567 g/mol. The topological polar surface area (TPSA) is 96.4 Å². The van der Waals surface area contributed by atoms with Crippen molar-refractivity contribution in [2.24, 2.45) is 0 Å². The number of alkyl halides is 3. The van der Waals surface area contributed by atoms with E-state index >= 15 is 0 Å². The van der Waals surface area contributed by atoms with E-state index in [4.69, 9.17) is 4.74 Å². The molecular formula is C29H22F4N4O4. The zero-order valence-corrected chi connectivity index (χ0v) is 21.5. The van der Waals surface area contributed by atoms with Crippen LogP contribution in [-0.2, 0) is 23.9 Å². The molecule has 1 aliphatic rings. The molecule has 2 N–H and O–H groups in total. The van der Waals surface area contributed by atoms with Gasteiger partial charge in [0.2, 0.25) is 0 Å². The lowest BCUT2D eigenvalue weighted by Gasteiger charge is -2.13. The molecule has 2 heterocycles. The third-order valence-corrected chi connectivity index (χ3v) is 6.50. The van der Waals surface area contributed by atoms with Gasteiger partial charge in [0.15, 0.2) is 0 Å². The number of nitrogens with zero attached hydrogens (tertiary/aromatic N) is 2. The molecule has 5 rings (SSSR count). The molecular weight excluding hydrogens is 544 g/mol. The van der Waals surface area contributed by atoms with Gasteiger partial charge in [-0.1, -0.05) is 24.3 Å². The molecule has 8 nitrogen and oxygen atoms in total. The van der Waals surface area contributed by atoms with Crippen LogP contribution in [0.25, 0.3) is 11.8 Å². The Morgan fingerprint density at radius 3 is 2.12 bits per heavy atom. The summed E-state index contributed by atoms with van der Waals surface area (Å²) >= 11 is 0. The van der Waals surface area contributed by atoms with E-state index in [0.717, 1.165) is 17.0 Å². The number of nitrogens with one attached hydrogen (secondary N) is 2. The number of rotatable bonds is 7. The molecule has 3 amide bonds. The van der Waals surface area contributed by atoms with E-state index in [0.29, 0.717) is 28.3 Å². The third kappa shape index (κ3) is 5.76. The Morgan fingerprint density at radius 1 is 0.878 bits per heavy atom. The number of imide groups is 1. The molecule has 0 unspecified atom stereocenters. The second kappa shape index (κ2) is 10.8. The van der Waals surface area contributed by atoms with Crippen LogP contribution in [0.4, 0.5) is 22.4 Å². The van der Waals surface area contributed by atoms with Gasteiger partial charge in [-0.2, -0.15) is 13.2 Å². The predicted molar refractivity (Wildman–Crippen MR) is 141 cm³/mol. The van der Waals surface area contributed by atoms with Crippen molar-refractivity contribution in [1.82, 2.24) is 20.0 Å². The highest BCUT2D eigenvalue weighted by atomic mass is 19.4. The van der Waals surface area contributed by atoms with Crippen LogP contribution in [0.2, 0.25) is 0 Å². The van der Waals surface area contributed by atoms with E-state index in [9.17, 15) is 31.9 Å². The van der Waals surface area contributed by atoms with E-state index in [1.54, 1.807) is 36.4 Å². The average Bonchev–Trinajstić information content (AvgIpc) is 3.40. The van der Waals surface area contributed by atoms with Gasteiger partial charge in [-0.05, 0) is 65.7 Å².